The summed E-state index contributed by atoms with van der Waals surface area (Å²) in [5.74, 6) is 1.14. The largest absolute Gasteiger partial charge is 0.494 e. The van der Waals surface area contributed by atoms with E-state index in [0.29, 0.717) is 49.7 Å². The van der Waals surface area contributed by atoms with Crippen LogP contribution in [-0.2, 0) is 0 Å². The Labute approximate surface area is 160 Å². The van der Waals surface area contributed by atoms with Crippen LogP contribution in [0, 0.1) is 6.92 Å². The van der Waals surface area contributed by atoms with Crippen LogP contribution in [0.15, 0.2) is 41.1 Å². The molecule has 0 saturated carbocycles. The van der Waals surface area contributed by atoms with E-state index in [1.165, 1.54) is 0 Å². The second kappa shape index (κ2) is 7.43. The number of ether oxygens (including phenoxy) is 1. The molecule has 3 rings (SSSR count). The van der Waals surface area contributed by atoms with E-state index in [0.717, 1.165) is 6.42 Å². The van der Waals surface area contributed by atoms with Crippen molar-refractivity contribution in [1.29, 1.82) is 0 Å². The van der Waals surface area contributed by atoms with Gasteiger partial charge in [-0.05, 0) is 19.4 Å². The molecule has 8 heteroatoms. The van der Waals surface area contributed by atoms with Crippen molar-refractivity contribution in [3.05, 3.63) is 52.6 Å². The molecule has 0 aromatic carbocycles. The molecule has 0 unspecified atom stereocenters. The molecule has 0 aliphatic carbocycles. The molecule has 26 heavy (non-hydrogen) atoms. The van der Waals surface area contributed by atoms with Gasteiger partial charge in [-0.25, -0.2) is 9.97 Å². The molecule has 0 amide bonds. The first-order valence-electron chi connectivity index (χ1n) is 7.94. The molecule has 3 aromatic heterocycles. The van der Waals surface area contributed by atoms with E-state index in [9.17, 15) is 0 Å². The third kappa shape index (κ3) is 3.18. The first kappa shape index (κ1) is 18.4. The van der Waals surface area contributed by atoms with Gasteiger partial charge in [0.2, 0.25) is 0 Å². The van der Waals surface area contributed by atoms with E-state index in [-0.39, 0.29) is 0 Å². The van der Waals surface area contributed by atoms with Crippen LogP contribution in [0.5, 0.6) is 5.75 Å². The van der Waals surface area contributed by atoms with Gasteiger partial charge < -0.3 is 4.74 Å². The normalized spacial score (nSPS) is 12.8. The summed E-state index contributed by atoms with van der Waals surface area (Å²) < 4.78 is 7.17. The van der Waals surface area contributed by atoms with E-state index in [4.69, 9.17) is 27.9 Å². The third-order valence-electron chi connectivity index (χ3n) is 3.75. The lowest BCUT2D eigenvalue weighted by atomic mass is 10.2. The summed E-state index contributed by atoms with van der Waals surface area (Å²) in [6.07, 6.45) is 5.97. The van der Waals surface area contributed by atoms with E-state index >= 15 is 0 Å². The van der Waals surface area contributed by atoms with Crippen molar-refractivity contribution in [2.75, 3.05) is 7.11 Å². The second-order valence-electron chi connectivity index (χ2n) is 5.53. The average molecular weight is 390 g/mol. The van der Waals surface area contributed by atoms with Crippen LogP contribution < -0.4 is 4.74 Å². The van der Waals surface area contributed by atoms with E-state index in [1.54, 1.807) is 29.8 Å². The van der Waals surface area contributed by atoms with Gasteiger partial charge in [-0.2, -0.15) is 0 Å². The second-order valence-corrected chi connectivity index (χ2v) is 6.42. The van der Waals surface area contributed by atoms with Crippen LogP contribution in [-0.4, -0.2) is 31.7 Å². The lowest BCUT2D eigenvalue weighted by molar-refractivity contribution is 0.418. The Bertz CT molecular complexity index is 1070. The maximum atomic E-state index is 6.50. The summed E-state index contributed by atoms with van der Waals surface area (Å²) in [6, 6.07) is 1.73. The predicted molar refractivity (Wildman–Crippen MR) is 105 cm³/mol. The number of fused-ring (bicyclic) bond motifs is 3. The molecule has 0 atom stereocenters. The predicted octanol–water partition coefficient (Wildman–Crippen LogP) is 4.66. The zero-order valence-corrected chi connectivity index (χ0v) is 16.1. The molecular weight excluding hydrogens is 373 g/mol. The number of pyridine rings is 1. The summed E-state index contributed by atoms with van der Waals surface area (Å²) in [6.45, 7) is 7.59. The highest BCUT2D eigenvalue weighted by atomic mass is 35.5. The number of methoxy groups -OCH3 is 1. The van der Waals surface area contributed by atoms with Crippen LogP contribution in [0.3, 0.4) is 0 Å². The lowest BCUT2D eigenvalue weighted by Gasteiger charge is -2.09. The molecule has 0 aliphatic heterocycles. The van der Waals surface area contributed by atoms with Crippen molar-refractivity contribution < 1.29 is 4.74 Å². The monoisotopic (exact) mass is 389 g/mol. The van der Waals surface area contributed by atoms with Crippen LogP contribution in [0.25, 0.3) is 22.4 Å². The van der Waals surface area contributed by atoms with Crippen LogP contribution >= 0.6 is 23.2 Å². The minimum absolute atomic E-state index is 0.342. The van der Waals surface area contributed by atoms with Gasteiger partial charge in [0.15, 0.2) is 22.6 Å². The lowest BCUT2D eigenvalue weighted by Crippen LogP contribution is -2.03. The fourth-order valence-electron chi connectivity index (χ4n) is 2.65. The summed E-state index contributed by atoms with van der Waals surface area (Å²) in [5, 5.41) is 9.40. The van der Waals surface area contributed by atoms with Gasteiger partial charge in [0.25, 0.3) is 0 Å². The number of rotatable bonds is 5. The smallest absolute Gasteiger partial charge is 0.184 e. The molecule has 0 bridgehead atoms. The Morgan fingerprint density at radius 3 is 2.73 bits per heavy atom. The number of allylic oxidation sites excluding steroid dienone is 5. The van der Waals surface area contributed by atoms with Crippen LogP contribution in [0.2, 0.25) is 0 Å². The van der Waals surface area contributed by atoms with Crippen molar-refractivity contribution in [3.63, 3.8) is 0 Å². The molecule has 0 radical (unpaired) electrons. The van der Waals surface area contributed by atoms with Crippen molar-refractivity contribution in [2.45, 2.75) is 20.3 Å². The minimum atomic E-state index is 0.342. The Morgan fingerprint density at radius 2 is 2.08 bits per heavy atom. The van der Waals surface area contributed by atoms with Crippen LogP contribution in [0.1, 0.15) is 24.9 Å². The quantitative estimate of drug-likeness (QED) is 0.593. The van der Waals surface area contributed by atoms with Gasteiger partial charge in [0.1, 0.15) is 5.82 Å². The highest BCUT2D eigenvalue weighted by Crippen LogP contribution is 2.31. The van der Waals surface area contributed by atoms with Gasteiger partial charge in [-0.15, -0.1) is 10.2 Å². The van der Waals surface area contributed by atoms with E-state index < -0.39 is 0 Å². The first-order chi connectivity index (χ1) is 12.5. The highest BCUT2D eigenvalue weighted by molar-refractivity contribution is 6.38. The fraction of sp³-hybridized carbons (Fsp3) is 0.222. The molecule has 0 spiro atoms. The summed E-state index contributed by atoms with van der Waals surface area (Å²) >= 11 is 12.5. The molecule has 3 heterocycles. The highest BCUT2D eigenvalue weighted by Gasteiger charge is 2.20. The molecule has 3 aromatic rings. The number of hydrogen-bond acceptors (Lipinski definition) is 5. The van der Waals surface area contributed by atoms with Crippen molar-refractivity contribution in [1.82, 2.24) is 24.6 Å². The zero-order valence-electron chi connectivity index (χ0n) is 14.6. The van der Waals surface area contributed by atoms with Gasteiger partial charge in [0.05, 0.1) is 12.8 Å². The molecule has 0 N–H and O–H groups in total. The van der Waals surface area contributed by atoms with Crippen molar-refractivity contribution >= 4 is 45.6 Å². The summed E-state index contributed by atoms with van der Waals surface area (Å²) in [4.78, 5) is 9.09. The summed E-state index contributed by atoms with van der Waals surface area (Å²) in [5.41, 5.74) is 3.01. The topological polar surface area (TPSA) is 65.2 Å². The SMILES string of the molecule is C=C(Cl)C=C(C(Cl)=CCC)c1nc(C)c2nnc3c(OC)ccnc3n12. The van der Waals surface area contributed by atoms with Gasteiger partial charge in [0, 0.05) is 27.9 Å². The maximum Gasteiger partial charge on any atom is 0.184 e. The van der Waals surface area contributed by atoms with Crippen molar-refractivity contribution in [2.24, 2.45) is 0 Å². The Kier molecular flexibility index (Phi) is 5.25. The Hall–Kier alpha value is -2.44. The zero-order chi connectivity index (χ0) is 18.8. The van der Waals surface area contributed by atoms with Gasteiger partial charge in [-0.3, -0.25) is 4.40 Å². The first-order valence-corrected chi connectivity index (χ1v) is 8.70. The maximum absolute atomic E-state index is 6.50. The van der Waals surface area contributed by atoms with E-state index in [1.807, 2.05) is 19.9 Å². The molecule has 0 saturated heterocycles. The Balaban J connectivity index is 2.44. The standard InChI is InChI=1S/C18H17Cl2N5O/c1-5-6-13(20)12(9-10(2)19)17-22-11(3)16-24-23-15-14(26-4)7-8-21-18(15)25(16)17/h6-9H,2,5H2,1,3-4H3. The Morgan fingerprint density at radius 1 is 1.31 bits per heavy atom. The number of hydrogen-bond donors (Lipinski definition) is 0. The number of aromatic nitrogens is 5. The third-order valence-corrected chi connectivity index (χ3v) is 4.21. The van der Waals surface area contributed by atoms with Gasteiger partial charge in [-0.1, -0.05) is 42.8 Å². The van der Waals surface area contributed by atoms with Gasteiger partial charge >= 0.3 is 0 Å². The van der Waals surface area contributed by atoms with Crippen LogP contribution in [0.4, 0.5) is 0 Å². The number of imidazole rings is 1. The van der Waals surface area contributed by atoms with Crippen molar-refractivity contribution in [3.8, 4) is 5.75 Å². The van der Waals surface area contributed by atoms with E-state index in [2.05, 4.69) is 26.7 Å². The molecule has 0 fully saturated rings. The fourth-order valence-corrected chi connectivity index (χ4v) is 3.05. The number of nitrogens with zero attached hydrogens (tertiary/aromatic N) is 5. The number of halogens is 2. The number of aryl methyl sites for hydroxylation is 1. The molecule has 134 valence electrons. The average Bonchev–Trinajstić information content (AvgIpc) is 2.96. The molecule has 0 aliphatic rings. The molecule has 6 nitrogen and oxygen atoms in total. The molecular formula is C18H17Cl2N5O. The minimum Gasteiger partial charge on any atom is -0.494 e. The summed E-state index contributed by atoms with van der Waals surface area (Å²) in [7, 11) is 1.57.